The largest absolute Gasteiger partial charge is 0.508 e. The fourth-order valence-electron chi connectivity index (χ4n) is 2.36. The van der Waals surface area contributed by atoms with E-state index >= 15 is 0 Å². The second kappa shape index (κ2) is 8.32. The fraction of sp³-hybridized carbons (Fsp3) is 0.333. The number of hydrogen-bond donors (Lipinski definition) is 2. The normalized spacial score (nSPS) is 10.5. The number of phenols is 1. The lowest BCUT2D eigenvalue weighted by atomic mass is 10.1. The predicted molar refractivity (Wildman–Crippen MR) is 86.8 cm³/mol. The molecule has 2 N–H and O–H groups in total. The molecule has 0 atom stereocenters. The van der Waals surface area contributed by atoms with Crippen molar-refractivity contribution in [1.29, 1.82) is 0 Å². The zero-order chi connectivity index (χ0) is 14.9. The highest BCUT2D eigenvalue weighted by Crippen LogP contribution is 2.19. The van der Waals surface area contributed by atoms with Crippen molar-refractivity contribution in [1.82, 2.24) is 0 Å². The van der Waals surface area contributed by atoms with Crippen LogP contribution < -0.4 is 4.90 Å². The van der Waals surface area contributed by atoms with E-state index in [-0.39, 0.29) is 12.4 Å². The Labute approximate surface area is 126 Å². The highest BCUT2D eigenvalue weighted by molar-refractivity contribution is 5.48. The molecule has 112 valence electrons. The predicted octanol–water partition coefficient (Wildman–Crippen LogP) is 3.21. The van der Waals surface area contributed by atoms with Crippen molar-refractivity contribution in [2.24, 2.45) is 0 Å². The standard InChI is InChI=1S/C18H23NO2/c20-15-5-4-13-19(17-8-10-18(21)11-9-17)14-12-16-6-2-1-3-7-16/h1-3,6-11,20-21H,4-5,12-15H2. The Morgan fingerprint density at radius 3 is 2.19 bits per heavy atom. The number of unbranched alkanes of at least 4 members (excludes halogenated alkanes) is 1. The van der Waals surface area contributed by atoms with Crippen LogP contribution in [0.4, 0.5) is 5.69 Å². The third kappa shape index (κ3) is 5.12. The molecule has 2 aromatic carbocycles. The smallest absolute Gasteiger partial charge is 0.115 e. The monoisotopic (exact) mass is 285 g/mol. The van der Waals surface area contributed by atoms with E-state index in [0.29, 0.717) is 0 Å². The molecule has 2 aromatic rings. The summed E-state index contributed by atoms with van der Waals surface area (Å²) in [7, 11) is 0. The van der Waals surface area contributed by atoms with Crippen LogP contribution in [0.5, 0.6) is 5.75 Å². The Morgan fingerprint density at radius 1 is 0.810 bits per heavy atom. The van der Waals surface area contributed by atoms with Crippen molar-refractivity contribution in [3.63, 3.8) is 0 Å². The summed E-state index contributed by atoms with van der Waals surface area (Å²) in [6.07, 6.45) is 2.77. The van der Waals surface area contributed by atoms with Crippen LogP contribution in [-0.2, 0) is 6.42 Å². The molecule has 0 unspecified atom stereocenters. The summed E-state index contributed by atoms with van der Waals surface area (Å²) in [5.41, 5.74) is 2.44. The first-order valence-electron chi connectivity index (χ1n) is 7.48. The van der Waals surface area contributed by atoms with E-state index in [2.05, 4.69) is 29.2 Å². The number of aliphatic hydroxyl groups is 1. The van der Waals surface area contributed by atoms with Crippen LogP contribution in [0.1, 0.15) is 18.4 Å². The van der Waals surface area contributed by atoms with Crippen LogP contribution in [-0.4, -0.2) is 29.9 Å². The summed E-state index contributed by atoms with van der Waals surface area (Å²) >= 11 is 0. The number of benzene rings is 2. The number of hydrogen-bond acceptors (Lipinski definition) is 3. The Kier molecular flexibility index (Phi) is 6.10. The van der Waals surface area contributed by atoms with Crippen molar-refractivity contribution in [3.8, 4) is 5.75 Å². The number of aliphatic hydroxyl groups excluding tert-OH is 1. The van der Waals surface area contributed by atoms with Crippen LogP contribution in [0.15, 0.2) is 54.6 Å². The van der Waals surface area contributed by atoms with Gasteiger partial charge in [0.1, 0.15) is 5.75 Å². The van der Waals surface area contributed by atoms with Crippen molar-refractivity contribution < 1.29 is 10.2 Å². The maximum atomic E-state index is 9.41. The second-order valence-corrected chi connectivity index (χ2v) is 5.17. The number of rotatable bonds is 8. The second-order valence-electron chi connectivity index (χ2n) is 5.17. The number of aromatic hydroxyl groups is 1. The van der Waals surface area contributed by atoms with Gasteiger partial charge in [0.05, 0.1) is 0 Å². The molecule has 0 saturated heterocycles. The van der Waals surface area contributed by atoms with Gasteiger partial charge in [0.2, 0.25) is 0 Å². The Morgan fingerprint density at radius 2 is 1.52 bits per heavy atom. The maximum absolute atomic E-state index is 9.41. The number of phenolic OH excluding ortho intramolecular Hbond substituents is 1. The first-order chi connectivity index (χ1) is 10.3. The van der Waals surface area contributed by atoms with Gasteiger partial charge < -0.3 is 15.1 Å². The summed E-state index contributed by atoms with van der Waals surface area (Å²) in [6, 6.07) is 17.8. The van der Waals surface area contributed by atoms with Crippen LogP contribution >= 0.6 is 0 Å². The lowest BCUT2D eigenvalue weighted by Gasteiger charge is -2.25. The van der Waals surface area contributed by atoms with E-state index in [1.807, 2.05) is 18.2 Å². The molecule has 0 saturated carbocycles. The minimum atomic E-state index is 0.238. The summed E-state index contributed by atoms with van der Waals surface area (Å²) in [5, 5.41) is 18.4. The minimum Gasteiger partial charge on any atom is -0.508 e. The van der Waals surface area contributed by atoms with Crippen molar-refractivity contribution in [2.45, 2.75) is 19.3 Å². The van der Waals surface area contributed by atoms with Gasteiger partial charge in [0.15, 0.2) is 0 Å². The molecule has 0 amide bonds. The molecule has 0 aromatic heterocycles. The molecule has 3 nitrogen and oxygen atoms in total. The molecule has 3 heteroatoms. The maximum Gasteiger partial charge on any atom is 0.115 e. The molecule has 0 spiro atoms. The van der Waals surface area contributed by atoms with Gasteiger partial charge in [0.25, 0.3) is 0 Å². The summed E-state index contributed by atoms with van der Waals surface area (Å²) in [5.74, 6) is 0.289. The lowest BCUT2D eigenvalue weighted by molar-refractivity contribution is 0.285. The van der Waals surface area contributed by atoms with Crippen LogP contribution in [0.3, 0.4) is 0 Å². The molecular weight excluding hydrogens is 262 g/mol. The van der Waals surface area contributed by atoms with Crippen LogP contribution in [0.2, 0.25) is 0 Å². The highest BCUT2D eigenvalue weighted by Gasteiger charge is 2.06. The zero-order valence-corrected chi connectivity index (χ0v) is 12.3. The average Bonchev–Trinajstić information content (AvgIpc) is 2.53. The first-order valence-corrected chi connectivity index (χ1v) is 7.48. The van der Waals surface area contributed by atoms with E-state index in [9.17, 15) is 5.11 Å². The third-order valence-electron chi connectivity index (χ3n) is 3.56. The number of nitrogens with zero attached hydrogens (tertiary/aromatic N) is 1. The third-order valence-corrected chi connectivity index (χ3v) is 3.56. The molecule has 0 bridgehead atoms. The van der Waals surface area contributed by atoms with Crippen molar-refractivity contribution in [2.75, 3.05) is 24.6 Å². The minimum absolute atomic E-state index is 0.238. The van der Waals surface area contributed by atoms with Gasteiger partial charge in [-0.25, -0.2) is 0 Å². The highest BCUT2D eigenvalue weighted by atomic mass is 16.3. The molecule has 2 rings (SSSR count). The van der Waals surface area contributed by atoms with E-state index in [1.54, 1.807) is 12.1 Å². The van der Waals surface area contributed by atoms with E-state index in [4.69, 9.17) is 5.11 Å². The van der Waals surface area contributed by atoms with E-state index < -0.39 is 0 Å². The summed E-state index contributed by atoms with van der Waals surface area (Å²) < 4.78 is 0. The van der Waals surface area contributed by atoms with E-state index in [0.717, 1.165) is 38.0 Å². The molecule has 0 aliphatic carbocycles. The number of anilines is 1. The molecular formula is C18H23NO2. The van der Waals surface area contributed by atoms with Gasteiger partial charge >= 0.3 is 0 Å². The molecule has 0 aliphatic heterocycles. The van der Waals surface area contributed by atoms with Crippen LogP contribution in [0, 0.1) is 0 Å². The Hall–Kier alpha value is -2.00. The Balaban J connectivity index is 1.99. The van der Waals surface area contributed by atoms with E-state index in [1.165, 1.54) is 5.56 Å². The molecule has 21 heavy (non-hydrogen) atoms. The van der Waals surface area contributed by atoms with Gasteiger partial charge in [-0.05, 0) is 49.1 Å². The zero-order valence-electron chi connectivity index (χ0n) is 12.3. The lowest BCUT2D eigenvalue weighted by Crippen LogP contribution is -2.27. The van der Waals surface area contributed by atoms with Gasteiger partial charge in [-0.2, -0.15) is 0 Å². The van der Waals surface area contributed by atoms with Crippen molar-refractivity contribution >= 4 is 5.69 Å². The summed E-state index contributed by atoms with van der Waals surface area (Å²) in [4.78, 5) is 2.31. The topological polar surface area (TPSA) is 43.7 Å². The molecule has 0 heterocycles. The fourth-order valence-corrected chi connectivity index (χ4v) is 2.36. The van der Waals surface area contributed by atoms with Gasteiger partial charge in [0, 0.05) is 25.4 Å². The van der Waals surface area contributed by atoms with Gasteiger partial charge in [-0.15, -0.1) is 0 Å². The summed E-state index contributed by atoms with van der Waals surface area (Å²) in [6.45, 7) is 2.08. The molecule has 0 radical (unpaired) electrons. The average molecular weight is 285 g/mol. The van der Waals surface area contributed by atoms with Crippen LogP contribution in [0.25, 0.3) is 0 Å². The SMILES string of the molecule is OCCCCN(CCc1ccccc1)c1ccc(O)cc1. The van der Waals surface area contributed by atoms with Crippen molar-refractivity contribution in [3.05, 3.63) is 60.2 Å². The molecule has 0 aliphatic rings. The molecule has 0 fully saturated rings. The van der Waals surface area contributed by atoms with Gasteiger partial charge in [-0.1, -0.05) is 30.3 Å². The first kappa shape index (κ1) is 15.4. The Bertz CT molecular complexity index is 511. The quantitative estimate of drug-likeness (QED) is 0.732. The van der Waals surface area contributed by atoms with Gasteiger partial charge in [-0.3, -0.25) is 0 Å².